The van der Waals surface area contributed by atoms with Gasteiger partial charge >= 0.3 is 0 Å². The van der Waals surface area contributed by atoms with Crippen molar-refractivity contribution >= 4 is 0 Å². The van der Waals surface area contributed by atoms with Gasteiger partial charge in [0, 0.05) is 5.41 Å². The number of hydrogen-bond acceptors (Lipinski definition) is 4. The normalized spacial score (nSPS) is 11.6. The maximum absolute atomic E-state index is 8.86. The highest BCUT2D eigenvalue weighted by atomic mass is 16.5. The van der Waals surface area contributed by atoms with Gasteiger partial charge in [-0.3, -0.25) is 0 Å². The van der Waals surface area contributed by atoms with Crippen LogP contribution < -0.4 is 9.47 Å². The zero-order valence-corrected chi connectivity index (χ0v) is 15.2. The average molecular weight is 344 g/mol. The van der Waals surface area contributed by atoms with Gasteiger partial charge in [-0.15, -0.1) is 0 Å². The van der Waals surface area contributed by atoms with Gasteiger partial charge in [-0.25, -0.2) is 0 Å². The fourth-order valence-corrected chi connectivity index (χ4v) is 2.96. The summed E-state index contributed by atoms with van der Waals surface area (Å²) in [7, 11) is 0. The van der Waals surface area contributed by atoms with E-state index in [1.54, 1.807) is 0 Å². The van der Waals surface area contributed by atoms with E-state index < -0.39 is 0 Å². The molecular weight excluding hydrogens is 316 g/mol. The van der Waals surface area contributed by atoms with Gasteiger partial charge in [0.15, 0.2) is 0 Å². The Morgan fingerprint density at radius 1 is 0.760 bits per heavy atom. The second kappa shape index (κ2) is 8.88. The number of hydrogen-bond donors (Lipinski definition) is 2. The Labute approximate surface area is 150 Å². The molecule has 0 bridgehead atoms. The van der Waals surface area contributed by atoms with E-state index in [0.717, 1.165) is 11.5 Å². The second-order valence-electron chi connectivity index (χ2n) is 6.55. The maximum atomic E-state index is 8.86. The molecule has 0 saturated carbocycles. The third-order valence-electron chi connectivity index (χ3n) is 4.78. The first-order chi connectivity index (χ1) is 12.0. The molecule has 0 atom stereocenters. The quantitative estimate of drug-likeness (QED) is 0.732. The van der Waals surface area contributed by atoms with Gasteiger partial charge < -0.3 is 19.7 Å². The van der Waals surface area contributed by atoms with Crippen molar-refractivity contribution in [1.29, 1.82) is 0 Å². The van der Waals surface area contributed by atoms with Gasteiger partial charge in [0.05, 0.1) is 13.2 Å². The van der Waals surface area contributed by atoms with Crippen LogP contribution in [0.5, 0.6) is 11.5 Å². The number of rotatable bonds is 9. The first-order valence-electron chi connectivity index (χ1n) is 8.70. The molecule has 0 aliphatic carbocycles. The molecule has 0 spiro atoms. The molecule has 2 aromatic carbocycles. The first-order valence-corrected chi connectivity index (χ1v) is 8.70. The predicted molar refractivity (Wildman–Crippen MR) is 99.3 cm³/mol. The largest absolute Gasteiger partial charge is 0.491 e. The molecule has 2 aromatic rings. The number of ether oxygens (including phenoxy) is 2. The third kappa shape index (κ3) is 4.53. The Balaban J connectivity index is 2.28. The van der Waals surface area contributed by atoms with Crippen LogP contribution in [0.25, 0.3) is 0 Å². The molecule has 0 fully saturated rings. The van der Waals surface area contributed by atoms with Gasteiger partial charge in [0.1, 0.15) is 24.7 Å². The molecule has 2 rings (SSSR count). The summed E-state index contributed by atoms with van der Waals surface area (Å²) in [4.78, 5) is 0. The molecule has 4 heteroatoms. The summed E-state index contributed by atoms with van der Waals surface area (Å²) in [5, 5.41) is 17.7. The molecule has 0 unspecified atom stereocenters. The standard InChI is InChI=1S/C21H28O4/c1-16(2)21(3,17-4-8-19(9-5-17)24-14-12-22)18-6-10-20(11-7-18)25-15-13-23/h4-11,16,22-23H,12-15H2,1-3H3. The van der Waals surface area contributed by atoms with Crippen LogP contribution in [0, 0.1) is 5.92 Å². The summed E-state index contributed by atoms with van der Waals surface area (Å²) < 4.78 is 10.9. The van der Waals surface area contributed by atoms with Crippen LogP contribution in [0.15, 0.2) is 48.5 Å². The van der Waals surface area contributed by atoms with E-state index in [-0.39, 0.29) is 18.6 Å². The van der Waals surface area contributed by atoms with Crippen LogP contribution in [0.4, 0.5) is 0 Å². The lowest BCUT2D eigenvalue weighted by Crippen LogP contribution is -2.30. The Morgan fingerprint density at radius 2 is 1.12 bits per heavy atom. The molecule has 0 aliphatic heterocycles. The average Bonchev–Trinajstić information content (AvgIpc) is 2.64. The highest BCUT2D eigenvalue weighted by molar-refractivity contribution is 5.43. The lowest BCUT2D eigenvalue weighted by Gasteiger charge is -2.35. The predicted octanol–water partition coefficient (Wildman–Crippen LogP) is 3.39. The molecule has 0 saturated heterocycles. The van der Waals surface area contributed by atoms with Crippen LogP contribution in [-0.4, -0.2) is 36.6 Å². The zero-order valence-electron chi connectivity index (χ0n) is 15.2. The zero-order chi connectivity index (χ0) is 18.3. The van der Waals surface area contributed by atoms with E-state index in [4.69, 9.17) is 19.7 Å². The Hall–Kier alpha value is -2.04. The van der Waals surface area contributed by atoms with Crippen LogP contribution in [0.2, 0.25) is 0 Å². The van der Waals surface area contributed by atoms with E-state index in [0.29, 0.717) is 19.1 Å². The SMILES string of the molecule is CC(C)C(C)(c1ccc(OCCO)cc1)c1ccc(OCCO)cc1. The van der Waals surface area contributed by atoms with E-state index >= 15 is 0 Å². The molecule has 0 radical (unpaired) electrons. The molecule has 2 N–H and O–H groups in total. The number of aliphatic hydroxyl groups excluding tert-OH is 2. The van der Waals surface area contributed by atoms with Crippen molar-refractivity contribution in [2.24, 2.45) is 5.92 Å². The molecular formula is C21H28O4. The van der Waals surface area contributed by atoms with Crippen LogP contribution in [-0.2, 0) is 5.41 Å². The van der Waals surface area contributed by atoms with Gasteiger partial charge in [0.2, 0.25) is 0 Å². The minimum absolute atomic E-state index is 0.0101. The maximum Gasteiger partial charge on any atom is 0.119 e. The van der Waals surface area contributed by atoms with Crippen LogP contribution >= 0.6 is 0 Å². The van der Waals surface area contributed by atoms with Gasteiger partial charge in [-0.2, -0.15) is 0 Å². The van der Waals surface area contributed by atoms with Crippen molar-refractivity contribution in [1.82, 2.24) is 0 Å². The molecule has 0 amide bonds. The highest BCUT2D eigenvalue weighted by Crippen LogP contribution is 2.40. The van der Waals surface area contributed by atoms with Crippen molar-refractivity contribution in [2.75, 3.05) is 26.4 Å². The summed E-state index contributed by atoms with van der Waals surface area (Å²) in [5.74, 6) is 1.91. The minimum Gasteiger partial charge on any atom is -0.491 e. The van der Waals surface area contributed by atoms with Crippen molar-refractivity contribution in [3.8, 4) is 11.5 Å². The summed E-state index contributed by atoms with van der Waals surface area (Å²) in [5.41, 5.74) is 2.27. The van der Waals surface area contributed by atoms with Crippen molar-refractivity contribution in [3.63, 3.8) is 0 Å². The second-order valence-corrected chi connectivity index (χ2v) is 6.55. The summed E-state index contributed by atoms with van der Waals surface area (Å²) in [6.45, 7) is 7.29. The van der Waals surface area contributed by atoms with E-state index in [1.165, 1.54) is 11.1 Å². The van der Waals surface area contributed by atoms with Gasteiger partial charge in [-0.05, 0) is 41.3 Å². The molecule has 0 aliphatic rings. The first kappa shape index (κ1) is 19.3. The number of benzene rings is 2. The Kier molecular flexibility index (Phi) is 6.85. The molecule has 0 aromatic heterocycles. The van der Waals surface area contributed by atoms with E-state index in [1.807, 2.05) is 24.3 Å². The van der Waals surface area contributed by atoms with Crippen molar-refractivity contribution in [3.05, 3.63) is 59.7 Å². The van der Waals surface area contributed by atoms with Gasteiger partial charge in [-0.1, -0.05) is 45.0 Å². The minimum atomic E-state index is -0.148. The topological polar surface area (TPSA) is 58.9 Å². The van der Waals surface area contributed by atoms with E-state index in [9.17, 15) is 0 Å². The Morgan fingerprint density at radius 3 is 1.40 bits per heavy atom. The smallest absolute Gasteiger partial charge is 0.119 e. The monoisotopic (exact) mass is 344 g/mol. The van der Waals surface area contributed by atoms with Gasteiger partial charge in [0.25, 0.3) is 0 Å². The molecule has 4 nitrogen and oxygen atoms in total. The third-order valence-corrected chi connectivity index (χ3v) is 4.78. The molecule has 136 valence electrons. The van der Waals surface area contributed by atoms with Crippen LogP contribution in [0.1, 0.15) is 31.9 Å². The fraction of sp³-hybridized carbons (Fsp3) is 0.429. The molecule has 25 heavy (non-hydrogen) atoms. The summed E-state index contributed by atoms with van der Waals surface area (Å²) in [6, 6.07) is 16.1. The summed E-state index contributed by atoms with van der Waals surface area (Å²) >= 11 is 0. The van der Waals surface area contributed by atoms with E-state index in [2.05, 4.69) is 45.0 Å². The Bertz CT molecular complexity index is 580. The lowest BCUT2D eigenvalue weighted by atomic mass is 9.68. The van der Waals surface area contributed by atoms with Crippen LogP contribution in [0.3, 0.4) is 0 Å². The fourth-order valence-electron chi connectivity index (χ4n) is 2.96. The van der Waals surface area contributed by atoms with Crippen molar-refractivity contribution < 1.29 is 19.7 Å². The number of aliphatic hydroxyl groups is 2. The summed E-state index contributed by atoms with van der Waals surface area (Å²) in [6.07, 6.45) is 0. The lowest BCUT2D eigenvalue weighted by molar-refractivity contribution is 0.201. The van der Waals surface area contributed by atoms with Crippen molar-refractivity contribution in [2.45, 2.75) is 26.2 Å². The highest BCUT2D eigenvalue weighted by Gasteiger charge is 2.32. The molecule has 0 heterocycles.